The zero-order valence-electron chi connectivity index (χ0n) is 21.4. The molecule has 0 fully saturated rings. The van der Waals surface area contributed by atoms with E-state index in [4.69, 9.17) is 34.2 Å². The highest BCUT2D eigenvalue weighted by molar-refractivity contribution is 5.76. The van der Waals surface area contributed by atoms with Crippen molar-refractivity contribution in [3.8, 4) is 11.5 Å². The van der Waals surface area contributed by atoms with Crippen molar-refractivity contribution in [2.24, 2.45) is 5.73 Å². The standard InChI is InChI=1S/C25H37NO10/c1-5-8-9-22(27)34-17(4)16-33-23(28)19(26)14-18-10-11-20(35-24(29)31-12-6-2)21(15-18)36-25(30)32-13-7-3/h10-11,15,17,19H,5-9,12-14,16,26H2,1-4H3/t17-,19-/m0/s1. The van der Waals surface area contributed by atoms with Gasteiger partial charge in [-0.1, -0.05) is 33.3 Å². The molecule has 1 aromatic carbocycles. The summed E-state index contributed by atoms with van der Waals surface area (Å²) in [5.74, 6) is -1.21. The van der Waals surface area contributed by atoms with Crippen molar-refractivity contribution < 1.29 is 47.6 Å². The Balaban J connectivity index is 2.79. The van der Waals surface area contributed by atoms with Crippen LogP contribution in [0.15, 0.2) is 18.2 Å². The maximum absolute atomic E-state index is 12.3. The Morgan fingerprint density at radius 1 is 0.861 bits per heavy atom. The molecule has 0 spiro atoms. The topological polar surface area (TPSA) is 150 Å². The third kappa shape index (κ3) is 12.4. The Morgan fingerprint density at radius 3 is 2.06 bits per heavy atom. The predicted molar refractivity (Wildman–Crippen MR) is 129 cm³/mol. The average Bonchev–Trinajstić information content (AvgIpc) is 2.84. The summed E-state index contributed by atoms with van der Waals surface area (Å²) in [4.78, 5) is 47.8. The number of nitrogens with two attached hydrogens (primary N) is 1. The molecule has 2 atom stereocenters. The van der Waals surface area contributed by atoms with Gasteiger partial charge in [-0.25, -0.2) is 9.59 Å². The fourth-order valence-corrected chi connectivity index (χ4v) is 2.74. The highest BCUT2D eigenvalue weighted by atomic mass is 16.7. The molecule has 0 heterocycles. The van der Waals surface area contributed by atoms with Gasteiger partial charge in [0.25, 0.3) is 0 Å². The Kier molecular flexibility index (Phi) is 14.6. The van der Waals surface area contributed by atoms with Crippen molar-refractivity contribution in [2.45, 2.75) is 78.4 Å². The molecule has 0 saturated carbocycles. The van der Waals surface area contributed by atoms with Gasteiger partial charge in [-0.05, 0) is 50.3 Å². The fraction of sp³-hybridized carbons (Fsp3) is 0.600. The number of hydrogen-bond donors (Lipinski definition) is 1. The summed E-state index contributed by atoms with van der Waals surface area (Å²) in [6.07, 6.45) is 0.588. The SMILES string of the molecule is CCCCC(=O)O[C@@H](C)COC(=O)[C@@H](N)Cc1ccc(OC(=O)OCCC)c(OC(=O)OCCC)c1. The van der Waals surface area contributed by atoms with E-state index in [2.05, 4.69) is 0 Å². The van der Waals surface area contributed by atoms with Gasteiger partial charge in [-0.2, -0.15) is 0 Å². The molecule has 0 aliphatic heterocycles. The van der Waals surface area contributed by atoms with Crippen LogP contribution in [0.2, 0.25) is 0 Å². The van der Waals surface area contributed by atoms with Crippen LogP contribution in [0.3, 0.4) is 0 Å². The van der Waals surface area contributed by atoms with Crippen molar-refractivity contribution in [3.05, 3.63) is 23.8 Å². The van der Waals surface area contributed by atoms with Crippen molar-refractivity contribution in [3.63, 3.8) is 0 Å². The maximum Gasteiger partial charge on any atom is 0.513 e. The first-order valence-electron chi connectivity index (χ1n) is 12.1. The van der Waals surface area contributed by atoms with Crippen LogP contribution in [-0.2, 0) is 35.0 Å². The van der Waals surface area contributed by atoms with Gasteiger partial charge in [0.05, 0.1) is 13.2 Å². The minimum Gasteiger partial charge on any atom is -0.461 e. The molecular formula is C25H37NO10. The number of carbonyl (C=O) groups is 4. The first-order chi connectivity index (χ1) is 17.2. The zero-order valence-corrected chi connectivity index (χ0v) is 21.4. The van der Waals surface area contributed by atoms with Crippen LogP contribution in [0.25, 0.3) is 0 Å². The van der Waals surface area contributed by atoms with Crippen LogP contribution in [0.5, 0.6) is 11.5 Å². The number of hydrogen-bond acceptors (Lipinski definition) is 11. The predicted octanol–water partition coefficient (Wildman–Crippen LogP) is 4.07. The second-order valence-corrected chi connectivity index (χ2v) is 8.03. The van der Waals surface area contributed by atoms with Crippen molar-refractivity contribution in [2.75, 3.05) is 19.8 Å². The van der Waals surface area contributed by atoms with Gasteiger partial charge in [-0.15, -0.1) is 0 Å². The molecule has 0 saturated heterocycles. The molecular weight excluding hydrogens is 474 g/mol. The summed E-state index contributed by atoms with van der Waals surface area (Å²) in [7, 11) is 0. The Hall–Kier alpha value is -3.34. The van der Waals surface area contributed by atoms with E-state index >= 15 is 0 Å². The van der Waals surface area contributed by atoms with Gasteiger partial charge < -0.3 is 34.2 Å². The van der Waals surface area contributed by atoms with E-state index in [-0.39, 0.29) is 43.7 Å². The number of carbonyl (C=O) groups excluding carboxylic acids is 4. The molecule has 11 heteroatoms. The zero-order chi connectivity index (χ0) is 26.9. The Morgan fingerprint density at radius 2 is 1.47 bits per heavy atom. The van der Waals surface area contributed by atoms with Crippen molar-refractivity contribution in [1.29, 1.82) is 0 Å². The Bertz CT molecular complexity index is 857. The van der Waals surface area contributed by atoms with E-state index in [0.717, 1.165) is 12.8 Å². The van der Waals surface area contributed by atoms with Gasteiger partial charge in [0, 0.05) is 6.42 Å². The quantitative estimate of drug-likeness (QED) is 0.206. The maximum atomic E-state index is 12.3. The van der Waals surface area contributed by atoms with Crippen LogP contribution in [0, 0.1) is 0 Å². The van der Waals surface area contributed by atoms with E-state index in [1.54, 1.807) is 13.0 Å². The first-order valence-corrected chi connectivity index (χ1v) is 12.1. The number of unbranched alkanes of at least 4 members (excludes halogenated alkanes) is 1. The molecule has 0 aromatic heterocycles. The second kappa shape index (κ2) is 17.1. The summed E-state index contributed by atoms with van der Waals surface area (Å²) < 4.78 is 30.5. The minimum absolute atomic E-state index is 0.0322. The minimum atomic E-state index is -1.05. The molecule has 1 aromatic rings. The fourth-order valence-electron chi connectivity index (χ4n) is 2.74. The van der Waals surface area contributed by atoms with Crippen LogP contribution >= 0.6 is 0 Å². The average molecular weight is 512 g/mol. The summed E-state index contributed by atoms with van der Waals surface area (Å²) in [5, 5.41) is 0. The van der Waals surface area contributed by atoms with Crippen LogP contribution in [0.4, 0.5) is 9.59 Å². The smallest absolute Gasteiger partial charge is 0.461 e. The lowest BCUT2D eigenvalue weighted by Crippen LogP contribution is -2.36. The van der Waals surface area contributed by atoms with Gasteiger partial charge in [0.2, 0.25) is 0 Å². The lowest BCUT2D eigenvalue weighted by atomic mass is 10.1. The van der Waals surface area contributed by atoms with Crippen LogP contribution < -0.4 is 15.2 Å². The summed E-state index contributed by atoms with van der Waals surface area (Å²) in [5.41, 5.74) is 6.48. The van der Waals surface area contributed by atoms with Gasteiger partial charge in [0.15, 0.2) is 11.5 Å². The normalized spacial score (nSPS) is 12.1. The third-order valence-electron chi connectivity index (χ3n) is 4.53. The molecule has 0 unspecified atom stereocenters. The molecule has 11 nitrogen and oxygen atoms in total. The third-order valence-corrected chi connectivity index (χ3v) is 4.53. The second-order valence-electron chi connectivity index (χ2n) is 8.03. The summed E-state index contributed by atoms with van der Waals surface area (Å²) in [6, 6.07) is 3.30. The lowest BCUT2D eigenvalue weighted by molar-refractivity contribution is -0.158. The molecule has 0 aliphatic rings. The van der Waals surface area contributed by atoms with Crippen LogP contribution in [0.1, 0.15) is 65.4 Å². The van der Waals surface area contributed by atoms with Crippen molar-refractivity contribution in [1.82, 2.24) is 0 Å². The summed E-state index contributed by atoms with van der Waals surface area (Å²) in [6.45, 7) is 7.42. The lowest BCUT2D eigenvalue weighted by Gasteiger charge is -2.17. The van der Waals surface area contributed by atoms with E-state index in [1.807, 2.05) is 20.8 Å². The molecule has 0 aliphatic carbocycles. The summed E-state index contributed by atoms with van der Waals surface area (Å²) >= 11 is 0. The highest BCUT2D eigenvalue weighted by Crippen LogP contribution is 2.30. The van der Waals surface area contributed by atoms with E-state index in [9.17, 15) is 19.2 Å². The number of benzene rings is 1. The van der Waals surface area contributed by atoms with Crippen LogP contribution in [-0.4, -0.2) is 56.2 Å². The molecule has 0 radical (unpaired) electrons. The Labute approximate surface area is 211 Å². The molecule has 0 amide bonds. The van der Waals surface area contributed by atoms with E-state index in [1.165, 1.54) is 12.1 Å². The van der Waals surface area contributed by atoms with Gasteiger partial charge in [-0.3, -0.25) is 9.59 Å². The number of rotatable bonds is 15. The van der Waals surface area contributed by atoms with E-state index < -0.39 is 30.4 Å². The van der Waals surface area contributed by atoms with E-state index in [0.29, 0.717) is 24.8 Å². The molecule has 36 heavy (non-hydrogen) atoms. The van der Waals surface area contributed by atoms with Gasteiger partial charge >= 0.3 is 24.2 Å². The number of esters is 2. The molecule has 1 rings (SSSR count). The van der Waals surface area contributed by atoms with Gasteiger partial charge in [0.1, 0.15) is 18.8 Å². The number of ether oxygens (including phenoxy) is 6. The molecule has 202 valence electrons. The molecule has 2 N–H and O–H groups in total. The largest absolute Gasteiger partial charge is 0.513 e. The first kappa shape index (κ1) is 30.7. The molecule has 0 bridgehead atoms. The highest BCUT2D eigenvalue weighted by Gasteiger charge is 2.21. The monoisotopic (exact) mass is 511 g/mol. The van der Waals surface area contributed by atoms with Crippen molar-refractivity contribution >= 4 is 24.2 Å².